The number of amides is 10. The van der Waals surface area contributed by atoms with E-state index in [2.05, 4.69) is 132 Å². The molecule has 0 saturated heterocycles. The fourth-order valence-corrected chi connectivity index (χ4v) is 10.8. The molecular weight excluding hydrogens is 1550 g/mol. The van der Waals surface area contributed by atoms with Crippen LogP contribution in [0, 0.1) is 0 Å². The third-order valence-electron chi connectivity index (χ3n) is 17.4. The van der Waals surface area contributed by atoms with E-state index >= 15 is 0 Å². The highest BCUT2D eigenvalue weighted by Crippen LogP contribution is 2.27. The van der Waals surface area contributed by atoms with Gasteiger partial charge in [-0.15, -0.1) is 0 Å². The predicted octanol–water partition coefficient (Wildman–Crippen LogP) is 7.61. The zero-order valence-corrected chi connectivity index (χ0v) is 71.8. The van der Waals surface area contributed by atoms with Gasteiger partial charge >= 0.3 is 0 Å². The van der Waals surface area contributed by atoms with Crippen molar-refractivity contribution in [1.82, 2.24) is 53.2 Å². The zero-order chi connectivity index (χ0) is 89.7. The van der Waals surface area contributed by atoms with Gasteiger partial charge in [0.1, 0.15) is 11.1 Å². The maximum Gasteiger partial charge on any atom is 0.244 e. The Kier molecular flexibility index (Phi) is 78.3. The Morgan fingerprint density at radius 2 is 0.375 bits per heavy atom. The van der Waals surface area contributed by atoms with E-state index in [0.29, 0.717) is 183 Å². The lowest BCUT2D eigenvalue weighted by atomic mass is 9.83. The minimum absolute atomic E-state index is 0.0301. The molecular formula is C89H146N10O21. The molecule has 0 aliphatic rings. The molecule has 678 valence electrons. The lowest BCUT2D eigenvalue weighted by Crippen LogP contribution is -2.58. The van der Waals surface area contributed by atoms with Crippen LogP contribution in [0.25, 0.3) is 0 Å². The van der Waals surface area contributed by atoms with Gasteiger partial charge in [0.2, 0.25) is 59.1 Å². The summed E-state index contributed by atoms with van der Waals surface area (Å²) >= 11 is 0. The van der Waals surface area contributed by atoms with Gasteiger partial charge in [0.25, 0.3) is 0 Å². The average Bonchev–Trinajstić information content (AvgIpc) is 0.869. The predicted molar refractivity (Wildman–Crippen MR) is 469 cm³/mol. The SMILES string of the molecule is C=CC(=O)CCCCCOCC(COCCCCNC(=O)C=C)(COCCCCNC(=O)C=C)NC(=O)C=C.C=CC(=O)CCCCOCCCC(CCCOCCCNC(=O)C=C)(CCCOCCCNC(=O)C=C)NC(=O)C=C.C=CC(=O)NCCCCOCC(COCCCCNC(=O)C=C)(COCCCCNC(=O)C=C)NC(=O)C=C. The van der Waals surface area contributed by atoms with E-state index in [1.54, 1.807) is 0 Å². The molecule has 0 bridgehead atoms. The summed E-state index contributed by atoms with van der Waals surface area (Å²) in [5, 5.41) is 28.1. The first kappa shape index (κ1) is 115. The second-order valence-electron chi connectivity index (χ2n) is 27.7. The molecule has 0 rings (SSSR count). The van der Waals surface area contributed by atoms with Gasteiger partial charge in [-0.1, -0.05) is 85.4 Å². The Labute approximate surface area is 714 Å². The van der Waals surface area contributed by atoms with E-state index in [-0.39, 0.29) is 110 Å². The van der Waals surface area contributed by atoms with Crippen molar-refractivity contribution >= 4 is 70.6 Å². The average molecular weight is 1690 g/mol. The van der Waals surface area contributed by atoms with Crippen LogP contribution in [0.3, 0.4) is 0 Å². The minimum atomic E-state index is -0.948. The van der Waals surface area contributed by atoms with E-state index in [1.807, 2.05) is 0 Å². The van der Waals surface area contributed by atoms with Crippen molar-refractivity contribution in [1.29, 1.82) is 0 Å². The molecule has 0 unspecified atom stereocenters. The van der Waals surface area contributed by atoms with Crippen LogP contribution < -0.4 is 53.2 Å². The lowest BCUT2D eigenvalue weighted by Gasteiger charge is -2.35. The molecule has 31 nitrogen and oxygen atoms in total. The van der Waals surface area contributed by atoms with Gasteiger partial charge in [0.05, 0.1) is 39.6 Å². The largest absolute Gasteiger partial charge is 0.381 e. The number of hydrogen-bond acceptors (Lipinski definition) is 21. The maximum atomic E-state index is 12.4. The smallest absolute Gasteiger partial charge is 0.244 e. The van der Waals surface area contributed by atoms with Gasteiger partial charge < -0.3 is 95.8 Å². The summed E-state index contributed by atoms with van der Waals surface area (Å²) in [6, 6.07) is 0. The molecule has 120 heavy (non-hydrogen) atoms. The minimum Gasteiger partial charge on any atom is -0.381 e. The molecule has 0 fully saturated rings. The Hall–Kier alpha value is -9.44. The number of carbonyl (C=O) groups is 12. The molecule has 10 amide bonds. The first-order valence-electron chi connectivity index (χ1n) is 41.6. The molecule has 0 aromatic rings. The van der Waals surface area contributed by atoms with Crippen molar-refractivity contribution in [3.05, 3.63) is 152 Å². The van der Waals surface area contributed by atoms with Gasteiger partial charge in [0.15, 0.2) is 11.6 Å². The molecule has 0 radical (unpaired) electrons. The molecule has 0 aliphatic carbocycles. The van der Waals surface area contributed by atoms with Gasteiger partial charge in [-0.25, -0.2) is 0 Å². The highest BCUT2D eigenvalue weighted by molar-refractivity contribution is 5.91. The van der Waals surface area contributed by atoms with Gasteiger partial charge in [-0.3, -0.25) is 57.5 Å². The van der Waals surface area contributed by atoms with Crippen molar-refractivity contribution in [2.45, 2.75) is 177 Å². The monoisotopic (exact) mass is 1690 g/mol. The molecule has 0 atom stereocenters. The quantitative estimate of drug-likeness (QED) is 0.0207. The van der Waals surface area contributed by atoms with Crippen LogP contribution in [0.2, 0.25) is 0 Å². The van der Waals surface area contributed by atoms with Gasteiger partial charge in [0, 0.05) is 143 Å². The Bertz CT molecular complexity index is 2630. The van der Waals surface area contributed by atoms with Crippen molar-refractivity contribution < 1.29 is 100 Å². The number of hydrogen-bond donors (Lipinski definition) is 10. The van der Waals surface area contributed by atoms with Crippen LogP contribution in [0.4, 0.5) is 0 Å². The van der Waals surface area contributed by atoms with E-state index in [0.717, 1.165) is 103 Å². The van der Waals surface area contributed by atoms with Crippen molar-refractivity contribution in [2.75, 3.05) is 165 Å². The first-order valence-corrected chi connectivity index (χ1v) is 41.6. The van der Waals surface area contributed by atoms with Crippen LogP contribution in [0.5, 0.6) is 0 Å². The Balaban J connectivity index is -0.00000171. The highest BCUT2D eigenvalue weighted by atomic mass is 16.5. The first-order chi connectivity index (χ1) is 58.0. The zero-order valence-electron chi connectivity index (χ0n) is 71.8. The number of rotatable bonds is 83. The Morgan fingerprint density at radius 3 is 0.608 bits per heavy atom. The van der Waals surface area contributed by atoms with E-state index in [9.17, 15) is 57.5 Å². The highest BCUT2D eigenvalue weighted by Gasteiger charge is 2.35. The summed E-state index contributed by atoms with van der Waals surface area (Å²) in [5.41, 5.74) is -2.35. The van der Waals surface area contributed by atoms with Crippen molar-refractivity contribution in [3.63, 3.8) is 0 Å². The molecule has 0 aromatic heterocycles. The van der Waals surface area contributed by atoms with Crippen LogP contribution in [-0.2, 0) is 100 Å². The second-order valence-corrected chi connectivity index (χ2v) is 27.7. The lowest BCUT2D eigenvalue weighted by molar-refractivity contribution is -0.123. The van der Waals surface area contributed by atoms with Crippen LogP contribution >= 0.6 is 0 Å². The molecule has 31 heteroatoms. The maximum absolute atomic E-state index is 12.4. The third kappa shape index (κ3) is 72.6. The number of unbranched alkanes of at least 4 members (excludes halogenated alkanes) is 8. The normalized spacial score (nSPS) is 10.8. The van der Waals surface area contributed by atoms with Crippen LogP contribution in [0.1, 0.15) is 161 Å². The number of nitrogens with one attached hydrogen (secondary N) is 10. The molecule has 0 aromatic carbocycles. The number of carbonyl (C=O) groups excluding carboxylic acids is 12. The van der Waals surface area contributed by atoms with E-state index in [1.165, 1.54) is 72.9 Å². The second kappa shape index (κ2) is 81.9. The summed E-state index contributed by atoms with van der Waals surface area (Å²) in [6.07, 6.45) is 32.9. The van der Waals surface area contributed by atoms with E-state index < -0.39 is 16.6 Å². The van der Waals surface area contributed by atoms with Crippen LogP contribution in [-0.4, -0.2) is 252 Å². The standard InChI is InChI=1S/C32H53N3O7.C29H47N3O7.C28H46N4O7/c1-5-28(36)16-9-10-22-40-23-11-17-32(35-31(39)8-4,18-12-24-41-26-14-20-33-29(37)6-2)19-13-25-42-27-15-21-34-30(38)7-3;1-5-25(33)16-10-9-13-19-37-22-29(32-28(36)8-4,23-38-20-14-11-17-30-26(34)6-2)24-39-21-15-12-18-31-27(35)7-3;1-5-24(33)29-15-9-12-18-37-21-28(32-27(36)8-4,22-38-19-13-10-16-30-25(34)6-2)23-39-20-14-11-17-31-26(35)7-3/h5-8H,1-4,9-27H2,(H,33,37)(H,34,38)(H,35,39);5-8H,1-4,9-24H2,(H,30,34)(H,31,35)(H,32,36);5-8H,1-4,9-23H2,(H,29,33)(H,30,34)(H,31,35)(H,32,36). The number of allylic oxidation sites excluding steroid dienone is 2. The molecule has 0 aliphatic heterocycles. The van der Waals surface area contributed by atoms with Crippen molar-refractivity contribution in [3.8, 4) is 0 Å². The number of ether oxygens (including phenoxy) is 9. The number of ketones is 2. The molecule has 0 saturated carbocycles. The van der Waals surface area contributed by atoms with E-state index in [4.69, 9.17) is 42.6 Å². The molecule has 0 heterocycles. The molecule has 0 spiro atoms. The fraction of sp³-hybridized carbons (Fsp3) is 0.596. The summed E-state index contributed by atoms with van der Waals surface area (Å²) in [7, 11) is 0. The van der Waals surface area contributed by atoms with Crippen LogP contribution in [0.15, 0.2) is 152 Å². The summed E-state index contributed by atoms with van der Waals surface area (Å²) < 4.78 is 52.7. The summed E-state index contributed by atoms with van der Waals surface area (Å²) in [5.74, 6) is -2.38. The summed E-state index contributed by atoms with van der Waals surface area (Å²) in [4.78, 5) is 138. The topological polar surface area (TPSA) is 408 Å². The molecule has 10 N–H and O–H groups in total. The van der Waals surface area contributed by atoms with Gasteiger partial charge in [-0.05, 0) is 214 Å². The fourth-order valence-electron chi connectivity index (χ4n) is 10.8. The Morgan fingerprint density at radius 1 is 0.192 bits per heavy atom. The van der Waals surface area contributed by atoms with Gasteiger partial charge in [-0.2, -0.15) is 0 Å². The third-order valence-corrected chi connectivity index (χ3v) is 17.4. The summed E-state index contributed by atoms with van der Waals surface area (Å²) in [6.45, 7) is 52.0. The van der Waals surface area contributed by atoms with Crippen molar-refractivity contribution in [2.24, 2.45) is 0 Å².